The summed E-state index contributed by atoms with van der Waals surface area (Å²) in [7, 11) is 0. The smallest absolute Gasteiger partial charge is 0.313 e. The van der Waals surface area contributed by atoms with Gasteiger partial charge in [0.25, 0.3) is 0 Å². The number of halogens is 2. The van der Waals surface area contributed by atoms with E-state index in [4.69, 9.17) is 21.8 Å². The molecule has 0 spiro atoms. The zero-order valence-corrected chi connectivity index (χ0v) is 7.83. The number of aliphatic hydroxyl groups excluding tert-OH is 1. The van der Waals surface area contributed by atoms with Crippen LogP contribution in [0.4, 0.5) is 4.39 Å². The van der Waals surface area contributed by atoms with E-state index in [0.29, 0.717) is 0 Å². The van der Waals surface area contributed by atoms with Gasteiger partial charge in [0.2, 0.25) is 0 Å². The average molecular weight is 219 g/mol. The van der Waals surface area contributed by atoms with Gasteiger partial charge >= 0.3 is 5.97 Å². The Labute approximate surface area is 84.7 Å². The Hall–Kier alpha value is -1.13. The van der Waals surface area contributed by atoms with Crippen LogP contribution >= 0.6 is 11.6 Å². The monoisotopic (exact) mass is 218 g/mol. The number of hydrogen-bond acceptors (Lipinski definition) is 2. The summed E-state index contributed by atoms with van der Waals surface area (Å²) in [5.74, 6) is -3.24. The van der Waals surface area contributed by atoms with Crippen LogP contribution in [-0.4, -0.2) is 22.8 Å². The summed E-state index contributed by atoms with van der Waals surface area (Å²) >= 11 is 5.58. The predicted octanol–water partition coefficient (Wildman–Crippen LogP) is 1.64. The molecule has 2 N–H and O–H groups in total. The molecule has 0 aliphatic heterocycles. The van der Waals surface area contributed by atoms with E-state index in [1.165, 1.54) is 12.1 Å². The van der Waals surface area contributed by atoms with E-state index < -0.39 is 24.3 Å². The Bertz CT molecular complexity index is 354. The van der Waals surface area contributed by atoms with Crippen molar-refractivity contribution in [3.05, 3.63) is 34.6 Å². The maximum Gasteiger partial charge on any atom is 0.313 e. The molecule has 76 valence electrons. The topological polar surface area (TPSA) is 57.5 Å². The minimum atomic E-state index is -1.28. The SMILES string of the molecule is O=C(O)C(CO)c1cc(Cl)ccc1F. The van der Waals surface area contributed by atoms with Gasteiger partial charge in [0.1, 0.15) is 11.7 Å². The average Bonchev–Trinajstić information content (AvgIpc) is 2.11. The van der Waals surface area contributed by atoms with Crippen molar-refractivity contribution >= 4 is 17.6 Å². The number of aliphatic carboxylic acids is 1. The first kappa shape index (κ1) is 10.9. The van der Waals surface area contributed by atoms with Crippen molar-refractivity contribution in [1.82, 2.24) is 0 Å². The highest BCUT2D eigenvalue weighted by atomic mass is 35.5. The second kappa shape index (κ2) is 4.39. The zero-order chi connectivity index (χ0) is 10.7. The molecule has 0 bridgehead atoms. The third-order valence-corrected chi connectivity index (χ3v) is 2.05. The first-order valence-electron chi connectivity index (χ1n) is 3.85. The Kier molecular flexibility index (Phi) is 3.43. The third kappa shape index (κ3) is 2.21. The molecule has 0 amide bonds. The van der Waals surface area contributed by atoms with Crippen molar-refractivity contribution in [1.29, 1.82) is 0 Å². The van der Waals surface area contributed by atoms with Gasteiger partial charge in [0.15, 0.2) is 0 Å². The largest absolute Gasteiger partial charge is 0.481 e. The number of hydrogen-bond donors (Lipinski definition) is 2. The first-order valence-corrected chi connectivity index (χ1v) is 4.22. The van der Waals surface area contributed by atoms with Crippen molar-refractivity contribution in [3.63, 3.8) is 0 Å². The molecule has 0 aliphatic rings. The van der Waals surface area contributed by atoms with Gasteiger partial charge in [0, 0.05) is 10.6 Å². The highest BCUT2D eigenvalue weighted by Gasteiger charge is 2.22. The third-order valence-electron chi connectivity index (χ3n) is 1.81. The molecule has 1 aromatic rings. The summed E-state index contributed by atoms with van der Waals surface area (Å²) in [6.45, 7) is -0.660. The maximum absolute atomic E-state index is 13.1. The Morgan fingerprint density at radius 2 is 2.21 bits per heavy atom. The second-order valence-corrected chi connectivity index (χ2v) is 3.18. The molecule has 0 fully saturated rings. The molecule has 0 saturated carbocycles. The maximum atomic E-state index is 13.1. The lowest BCUT2D eigenvalue weighted by Gasteiger charge is -2.10. The summed E-state index contributed by atoms with van der Waals surface area (Å²) in [5, 5.41) is 17.7. The van der Waals surface area contributed by atoms with Crippen molar-refractivity contribution in [3.8, 4) is 0 Å². The van der Waals surface area contributed by atoms with Gasteiger partial charge < -0.3 is 10.2 Å². The van der Waals surface area contributed by atoms with Gasteiger partial charge in [-0.2, -0.15) is 0 Å². The van der Waals surface area contributed by atoms with Crippen LogP contribution in [-0.2, 0) is 4.79 Å². The quantitative estimate of drug-likeness (QED) is 0.811. The first-order chi connectivity index (χ1) is 6.56. The molecule has 0 heterocycles. The fourth-order valence-corrected chi connectivity index (χ4v) is 1.27. The van der Waals surface area contributed by atoms with Crippen molar-refractivity contribution < 1.29 is 19.4 Å². The molecule has 1 atom stereocenters. The fourth-order valence-electron chi connectivity index (χ4n) is 1.09. The summed E-state index contributed by atoms with van der Waals surface area (Å²) in [6, 6.07) is 3.59. The molecule has 3 nitrogen and oxygen atoms in total. The predicted molar refractivity (Wildman–Crippen MR) is 48.9 cm³/mol. The number of carbonyl (C=O) groups is 1. The standard InChI is InChI=1S/C9H8ClFO3/c10-5-1-2-8(11)6(3-5)7(4-12)9(13)14/h1-3,7,12H,4H2,(H,13,14). The van der Waals surface area contributed by atoms with Crippen LogP contribution in [0.5, 0.6) is 0 Å². The molecule has 0 saturated heterocycles. The number of carboxylic acids is 1. The Morgan fingerprint density at radius 1 is 1.57 bits per heavy atom. The van der Waals surface area contributed by atoms with E-state index in [1.54, 1.807) is 0 Å². The van der Waals surface area contributed by atoms with Crippen LogP contribution in [0.3, 0.4) is 0 Å². The van der Waals surface area contributed by atoms with Crippen LogP contribution in [0.15, 0.2) is 18.2 Å². The molecule has 1 aromatic carbocycles. The van der Waals surface area contributed by atoms with Crippen LogP contribution in [0.25, 0.3) is 0 Å². The van der Waals surface area contributed by atoms with Gasteiger partial charge in [-0.3, -0.25) is 4.79 Å². The van der Waals surface area contributed by atoms with E-state index in [2.05, 4.69) is 0 Å². The molecule has 14 heavy (non-hydrogen) atoms. The molecule has 1 unspecified atom stereocenters. The Morgan fingerprint density at radius 3 is 2.71 bits per heavy atom. The highest BCUT2D eigenvalue weighted by molar-refractivity contribution is 6.30. The number of carboxylic acid groups (broad SMARTS) is 1. The van der Waals surface area contributed by atoms with Gasteiger partial charge in [-0.05, 0) is 18.2 Å². The van der Waals surface area contributed by atoms with Crippen LogP contribution in [0.1, 0.15) is 11.5 Å². The van der Waals surface area contributed by atoms with Crippen molar-refractivity contribution in [2.45, 2.75) is 5.92 Å². The van der Waals surface area contributed by atoms with Crippen LogP contribution in [0.2, 0.25) is 5.02 Å². The summed E-state index contributed by atoms with van der Waals surface area (Å²) in [4.78, 5) is 10.6. The minimum Gasteiger partial charge on any atom is -0.481 e. The number of benzene rings is 1. The van der Waals surface area contributed by atoms with Crippen molar-refractivity contribution in [2.75, 3.05) is 6.61 Å². The van der Waals surface area contributed by atoms with Crippen LogP contribution < -0.4 is 0 Å². The van der Waals surface area contributed by atoms with E-state index in [0.717, 1.165) is 6.07 Å². The summed E-state index contributed by atoms with van der Waals surface area (Å²) in [6.07, 6.45) is 0. The molecule has 0 aliphatic carbocycles. The molecule has 0 radical (unpaired) electrons. The van der Waals surface area contributed by atoms with E-state index in [1.807, 2.05) is 0 Å². The van der Waals surface area contributed by atoms with Crippen molar-refractivity contribution in [2.24, 2.45) is 0 Å². The summed E-state index contributed by atoms with van der Waals surface area (Å²) in [5.41, 5.74) is -0.104. The Balaban J connectivity index is 3.15. The fraction of sp³-hybridized carbons (Fsp3) is 0.222. The van der Waals surface area contributed by atoms with E-state index >= 15 is 0 Å². The normalized spacial score (nSPS) is 12.5. The lowest BCUT2D eigenvalue weighted by molar-refractivity contribution is -0.139. The number of aliphatic hydroxyl groups is 1. The van der Waals surface area contributed by atoms with Gasteiger partial charge in [-0.25, -0.2) is 4.39 Å². The molecular formula is C9H8ClFO3. The lowest BCUT2D eigenvalue weighted by Crippen LogP contribution is -2.16. The zero-order valence-electron chi connectivity index (χ0n) is 7.08. The second-order valence-electron chi connectivity index (χ2n) is 2.74. The summed E-state index contributed by atoms with van der Waals surface area (Å²) < 4.78 is 13.1. The van der Waals surface area contributed by atoms with Gasteiger partial charge in [0.05, 0.1) is 6.61 Å². The molecule has 1 rings (SSSR count). The van der Waals surface area contributed by atoms with E-state index in [-0.39, 0.29) is 10.6 Å². The minimum absolute atomic E-state index is 0.104. The number of rotatable bonds is 3. The highest BCUT2D eigenvalue weighted by Crippen LogP contribution is 2.22. The molecule has 0 aromatic heterocycles. The van der Waals surface area contributed by atoms with Crippen LogP contribution in [0, 0.1) is 5.82 Å². The van der Waals surface area contributed by atoms with Gasteiger partial charge in [-0.15, -0.1) is 0 Å². The van der Waals surface area contributed by atoms with Gasteiger partial charge in [-0.1, -0.05) is 11.6 Å². The van der Waals surface area contributed by atoms with E-state index in [9.17, 15) is 9.18 Å². The molecular weight excluding hydrogens is 211 g/mol. The lowest BCUT2D eigenvalue weighted by atomic mass is 10.00. The molecule has 5 heteroatoms.